The van der Waals surface area contributed by atoms with Crippen molar-refractivity contribution in [3.05, 3.63) is 65.2 Å². The van der Waals surface area contributed by atoms with Crippen LogP contribution in [0.3, 0.4) is 0 Å². The number of rotatable bonds is 5. The van der Waals surface area contributed by atoms with Crippen molar-refractivity contribution in [3.63, 3.8) is 0 Å². The Morgan fingerprint density at radius 3 is 2.35 bits per heavy atom. The highest BCUT2D eigenvalue weighted by atomic mass is 16.6. The molecule has 0 saturated carbocycles. The van der Waals surface area contributed by atoms with Gasteiger partial charge in [0.15, 0.2) is 6.73 Å². The Kier molecular flexibility index (Phi) is 5.19. The topological polar surface area (TPSA) is 92.5 Å². The molecule has 2 rings (SSSR count). The highest BCUT2D eigenvalue weighted by molar-refractivity contribution is 5.87. The Hall–Kier alpha value is -3.02. The predicted molar refractivity (Wildman–Crippen MR) is 84.5 cm³/mol. The maximum atomic E-state index is 11.2. The number of aryl methyl sites for hydroxylation is 1. The third-order valence-corrected chi connectivity index (χ3v) is 3.36. The van der Waals surface area contributed by atoms with Crippen LogP contribution in [0.5, 0.6) is 0 Å². The van der Waals surface area contributed by atoms with E-state index in [0.717, 1.165) is 28.0 Å². The van der Waals surface area contributed by atoms with E-state index >= 15 is 0 Å². The molecule has 0 aromatic heterocycles. The van der Waals surface area contributed by atoms with Crippen molar-refractivity contribution in [1.29, 1.82) is 0 Å². The smallest absolute Gasteiger partial charge is 0.428 e. The average Bonchev–Trinajstić information content (AvgIpc) is 2.50. The van der Waals surface area contributed by atoms with Crippen molar-refractivity contribution in [2.45, 2.75) is 13.3 Å². The first-order valence-corrected chi connectivity index (χ1v) is 7.01. The van der Waals surface area contributed by atoms with E-state index in [0.29, 0.717) is 5.69 Å². The highest BCUT2D eigenvalue weighted by Crippen LogP contribution is 2.23. The zero-order valence-corrected chi connectivity index (χ0v) is 12.7. The van der Waals surface area contributed by atoms with Crippen molar-refractivity contribution in [3.8, 4) is 0 Å². The van der Waals surface area contributed by atoms with E-state index in [-0.39, 0.29) is 0 Å². The van der Waals surface area contributed by atoms with Crippen LogP contribution in [-0.4, -0.2) is 18.9 Å². The number of nitrogens with two attached hydrogens (primary N) is 1. The second-order valence-electron chi connectivity index (χ2n) is 5.07. The molecule has 2 aromatic carbocycles. The Labute approximate surface area is 134 Å². The molecule has 2 aromatic rings. The summed E-state index contributed by atoms with van der Waals surface area (Å²) >= 11 is 0. The molecule has 0 spiro atoms. The molecule has 6 heteroatoms. The molecule has 0 fully saturated rings. The molecule has 119 valence electrons. The molecule has 0 heterocycles. The molecule has 6 nitrogen and oxygen atoms in total. The van der Waals surface area contributed by atoms with Crippen LogP contribution < -0.4 is 10.6 Å². The Morgan fingerprint density at radius 1 is 1.09 bits per heavy atom. The minimum atomic E-state index is -1.47. The zero-order valence-electron chi connectivity index (χ0n) is 12.7. The van der Waals surface area contributed by atoms with Gasteiger partial charge >= 0.3 is 12.2 Å². The lowest BCUT2D eigenvalue weighted by atomic mass is 10.0. The SMILES string of the molecule is Cc1cc(Cc2ccccc2)ccc1N(COC(N)=O)C([O])=O. The highest BCUT2D eigenvalue weighted by Gasteiger charge is 2.19. The summed E-state index contributed by atoms with van der Waals surface area (Å²) in [6.07, 6.45) is -1.77. The van der Waals surface area contributed by atoms with Crippen LogP contribution in [0.4, 0.5) is 15.3 Å². The third kappa shape index (κ3) is 4.47. The number of carbonyl (C=O) groups is 2. The van der Waals surface area contributed by atoms with Gasteiger partial charge in [-0.2, -0.15) is 0 Å². The average molecular weight is 313 g/mol. The third-order valence-electron chi connectivity index (χ3n) is 3.36. The fourth-order valence-corrected chi connectivity index (χ4v) is 2.31. The van der Waals surface area contributed by atoms with Crippen molar-refractivity contribution in [1.82, 2.24) is 0 Å². The monoisotopic (exact) mass is 313 g/mol. The summed E-state index contributed by atoms with van der Waals surface area (Å²) in [7, 11) is 0. The fourth-order valence-electron chi connectivity index (χ4n) is 2.31. The summed E-state index contributed by atoms with van der Waals surface area (Å²) in [6.45, 7) is 1.28. The summed E-state index contributed by atoms with van der Waals surface area (Å²) in [5, 5.41) is 11.2. The number of hydrogen-bond donors (Lipinski definition) is 1. The Balaban J connectivity index is 2.19. The number of ether oxygens (including phenoxy) is 1. The number of anilines is 1. The molecule has 0 bridgehead atoms. The summed E-state index contributed by atoms with van der Waals surface area (Å²) in [5.74, 6) is 0. The maximum absolute atomic E-state index is 11.2. The van der Waals surface area contributed by atoms with Gasteiger partial charge in [0.1, 0.15) is 0 Å². The largest absolute Gasteiger partial charge is 0.460 e. The summed E-state index contributed by atoms with van der Waals surface area (Å²) in [6, 6.07) is 15.3. The molecule has 0 aliphatic rings. The number of benzene rings is 2. The standard InChI is InChI=1S/C17H17N2O4/c1-12-9-14(10-13-5-3-2-4-6-13)7-8-15(12)19(17(21)22)11-23-16(18)20/h2-9H,10-11H2,1H3,(H2,18,20). The molecule has 1 radical (unpaired) electrons. The minimum absolute atomic E-state index is 0.392. The van der Waals surface area contributed by atoms with E-state index in [9.17, 15) is 14.7 Å². The molecule has 2 N–H and O–H groups in total. The van der Waals surface area contributed by atoms with Crippen molar-refractivity contribution < 1.29 is 19.4 Å². The van der Waals surface area contributed by atoms with Crippen molar-refractivity contribution in [2.24, 2.45) is 5.73 Å². The number of carbonyl (C=O) groups excluding carboxylic acids is 2. The van der Waals surface area contributed by atoms with Crippen LogP contribution >= 0.6 is 0 Å². The fraction of sp³-hybridized carbons (Fsp3) is 0.176. The van der Waals surface area contributed by atoms with Crippen LogP contribution in [0, 0.1) is 6.92 Å². The number of hydrogen-bond acceptors (Lipinski definition) is 3. The summed E-state index contributed by atoms with van der Waals surface area (Å²) in [4.78, 5) is 22.7. The van der Waals surface area contributed by atoms with Gasteiger partial charge in [0.05, 0.1) is 5.69 Å². The zero-order chi connectivity index (χ0) is 16.8. The molecular formula is C17H17N2O4. The Bertz CT molecular complexity index is 701. The first-order valence-electron chi connectivity index (χ1n) is 7.01. The van der Waals surface area contributed by atoms with Crippen molar-refractivity contribution in [2.75, 3.05) is 11.6 Å². The second kappa shape index (κ2) is 7.31. The molecule has 0 aliphatic carbocycles. The van der Waals surface area contributed by atoms with Crippen LogP contribution in [-0.2, 0) is 16.3 Å². The number of amides is 2. The van der Waals surface area contributed by atoms with E-state index < -0.39 is 18.9 Å². The quantitative estimate of drug-likeness (QED) is 0.860. The lowest BCUT2D eigenvalue weighted by molar-refractivity contribution is 0.143. The lowest BCUT2D eigenvalue weighted by Gasteiger charge is -2.20. The normalized spacial score (nSPS) is 10.1. The molecular weight excluding hydrogens is 296 g/mol. The van der Waals surface area contributed by atoms with Gasteiger partial charge in [-0.15, -0.1) is 0 Å². The van der Waals surface area contributed by atoms with Gasteiger partial charge in [-0.3, -0.25) is 0 Å². The predicted octanol–water partition coefficient (Wildman–Crippen LogP) is 3.00. The van der Waals surface area contributed by atoms with Crippen LogP contribution in [0.1, 0.15) is 16.7 Å². The van der Waals surface area contributed by atoms with E-state index in [1.165, 1.54) is 0 Å². The van der Waals surface area contributed by atoms with Crippen LogP contribution in [0.25, 0.3) is 0 Å². The lowest BCUT2D eigenvalue weighted by Crippen LogP contribution is -2.33. The summed E-state index contributed by atoms with van der Waals surface area (Å²) < 4.78 is 4.54. The number of primary amides is 1. The van der Waals surface area contributed by atoms with Gasteiger partial charge in [-0.25, -0.2) is 19.6 Å². The maximum Gasteiger partial charge on any atom is 0.460 e. The molecule has 23 heavy (non-hydrogen) atoms. The van der Waals surface area contributed by atoms with Gasteiger partial charge in [-0.1, -0.05) is 42.5 Å². The van der Waals surface area contributed by atoms with Gasteiger partial charge in [0.2, 0.25) is 0 Å². The molecule has 0 atom stereocenters. The molecule has 0 saturated heterocycles. The first kappa shape index (κ1) is 16.4. The van der Waals surface area contributed by atoms with Gasteiger partial charge in [0.25, 0.3) is 0 Å². The van der Waals surface area contributed by atoms with Crippen molar-refractivity contribution >= 4 is 17.9 Å². The van der Waals surface area contributed by atoms with E-state index in [1.54, 1.807) is 13.0 Å². The molecule has 2 amide bonds. The number of nitrogens with zero attached hydrogens (tertiary/aromatic N) is 1. The van der Waals surface area contributed by atoms with Crippen LogP contribution in [0.15, 0.2) is 48.5 Å². The van der Waals surface area contributed by atoms with Gasteiger partial charge in [-0.05, 0) is 36.1 Å². The minimum Gasteiger partial charge on any atom is -0.428 e. The first-order chi connectivity index (χ1) is 11.0. The van der Waals surface area contributed by atoms with Crippen LogP contribution in [0.2, 0.25) is 0 Å². The second-order valence-corrected chi connectivity index (χ2v) is 5.07. The van der Waals surface area contributed by atoms with E-state index in [2.05, 4.69) is 4.74 Å². The molecule has 0 aliphatic heterocycles. The van der Waals surface area contributed by atoms with Gasteiger partial charge < -0.3 is 10.5 Å². The molecule has 0 unspecified atom stereocenters. The van der Waals surface area contributed by atoms with Gasteiger partial charge in [0, 0.05) is 0 Å². The Morgan fingerprint density at radius 2 is 1.78 bits per heavy atom. The summed E-state index contributed by atoms with van der Waals surface area (Å²) in [5.41, 5.74) is 8.20. The van der Waals surface area contributed by atoms with E-state index in [4.69, 9.17) is 5.73 Å². The van der Waals surface area contributed by atoms with E-state index in [1.807, 2.05) is 42.5 Å².